The van der Waals surface area contributed by atoms with Crippen molar-refractivity contribution >= 4 is 22.8 Å². The lowest BCUT2D eigenvalue weighted by atomic mass is 10.0. The maximum absolute atomic E-state index is 13.2. The Morgan fingerprint density at radius 3 is 2.73 bits per heavy atom. The number of nitrogens with one attached hydrogen (secondary N) is 2. The standard InChI is InChI=1S/C19H18FN3O3/c1-2-26-17(24)10-16(12-6-8-14(20)9-7-12)22-19(25)15-5-3-4-13-11-21-23-18(13)15/h3-9,11,16H,2,10H2,1H3,(H,21,23)(H,22,25). The number of ether oxygens (including phenoxy) is 1. The molecule has 1 heterocycles. The zero-order valence-electron chi connectivity index (χ0n) is 14.2. The topological polar surface area (TPSA) is 84.1 Å². The minimum absolute atomic E-state index is 0.0514. The first-order chi connectivity index (χ1) is 12.6. The fourth-order valence-corrected chi connectivity index (χ4v) is 2.73. The van der Waals surface area contributed by atoms with E-state index in [1.54, 1.807) is 25.3 Å². The van der Waals surface area contributed by atoms with Crippen LogP contribution in [0.1, 0.15) is 35.3 Å². The number of amides is 1. The highest BCUT2D eigenvalue weighted by Crippen LogP contribution is 2.21. The number of esters is 1. The van der Waals surface area contributed by atoms with Gasteiger partial charge in [0.1, 0.15) is 5.82 Å². The SMILES string of the molecule is CCOC(=O)CC(NC(=O)c1cccc2cn[nH]c12)c1ccc(F)cc1. The molecule has 2 aromatic carbocycles. The molecule has 1 aromatic heterocycles. The average molecular weight is 355 g/mol. The maximum Gasteiger partial charge on any atom is 0.308 e. The second-order valence-electron chi connectivity index (χ2n) is 5.73. The zero-order chi connectivity index (χ0) is 18.5. The zero-order valence-corrected chi connectivity index (χ0v) is 14.2. The van der Waals surface area contributed by atoms with E-state index < -0.39 is 17.8 Å². The number of hydrogen-bond donors (Lipinski definition) is 2. The maximum atomic E-state index is 13.2. The van der Waals surface area contributed by atoms with Crippen LogP contribution >= 0.6 is 0 Å². The van der Waals surface area contributed by atoms with Gasteiger partial charge in [-0.25, -0.2) is 4.39 Å². The van der Waals surface area contributed by atoms with Gasteiger partial charge in [-0.15, -0.1) is 0 Å². The Hall–Kier alpha value is -3.22. The summed E-state index contributed by atoms with van der Waals surface area (Å²) in [6, 6.07) is 10.3. The number of hydrogen-bond acceptors (Lipinski definition) is 4. The van der Waals surface area contributed by atoms with Crippen molar-refractivity contribution in [2.45, 2.75) is 19.4 Å². The number of aromatic nitrogens is 2. The number of carbonyl (C=O) groups is 2. The summed E-state index contributed by atoms with van der Waals surface area (Å²) in [5.41, 5.74) is 1.64. The van der Waals surface area contributed by atoms with E-state index in [4.69, 9.17) is 4.74 Å². The van der Waals surface area contributed by atoms with E-state index in [9.17, 15) is 14.0 Å². The van der Waals surface area contributed by atoms with Crippen molar-refractivity contribution in [2.75, 3.05) is 6.61 Å². The third-order valence-corrected chi connectivity index (χ3v) is 3.98. The molecular formula is C19H18FN3O3. The minimum Gasteiger partial charge on any atom is -0.466 e. The van der Waals surface area contributed by atoms with E-state index in [0.29, 0.717) is 16.6 Å². The summed E-state index contributed by atoms with van der Waals surface area (Å²) in [5.74, 6) is -1.20. The normalized spacial score (nSPS) is 11.9. The molecule has 0 bridgehead atoms. The lowest BCUT2D eigenvalue weighted by molar-refractivity contribution is -0.143. The van der Waals surface area contributed by atoms with Crippen molar-refractivity contribution in [1.29, 1.82) is 0 Å². The number of benzene rings is 2. The summed E-state index contributed by atoms with van der Waals surface area (Å²) < 4.78 is 18.2. The minimum atomic E-state index is -0.639. The molecule has 0 fully saturated rings. The summed E-state index contributed by atoms with van der Waals surface area (Å²) in [6.07, 6.45) is 1.58. The summed E-state index contributed by atoms with van der Waals surface area (Å²) in [7, 11) is 0. The van der Waals surface area contributed by atoms with Crippen LogP contribution in [0, 0.1) is 5.82 Å². The number of fused-ring (bicyclic) bond motifs is 1. The first kappa shape index (κ1) is 17.6. The molecule has 1 amide bonds. The molecule has 3 aromatic rings. The van der Waals surface area contributed by atoms with E-state index in [0.717, 1.165) is 5.39 Å². The number of aromatic amines is 1. The van der Waals surface area contributed by atoms with E-state index in [-0.39, 0.29) is 18.9 Å². The second kappa shape index (κ2) is 7.77. The van der Waals surface area contributed by atoms with Crippen LogP contribution in [0.4, 0.5) is 4.39 Å². The van der Waals surface area contributed by atoms with Crippen molar-refractivity contribution in [2.24, 2.45) is 0 Å². The van der Waals surface area contributed by atoms with Crippen LogP contribution in [0.2, 0.25) is 0 Å². The van der Waals surface area contributed by atoms with Crippen LogP contribution in [-0.2, 0) is 9.53 Å². The van der Waals surface area contributed by atoms with Crippen molar-refractivity contribution in [1.82, 2.24) is 15.5 Å². The lowest BCUT2D eigenvalue weighted by Gasteiger charge is -2.19. The molecule has 0 aliphatic rings. The molecule has 0 aliphatic carbocycles. The Labute approximate surface area is 149 Å². The van der Waals surface area contributed by atoms with Crippen LogP contribution in [0.3, 0.4) is 0 Å². The second-order valence-corrected chi connectivity index (χ2v) is 5.73. The predicted octanol–water partition coefficient (Wildman–Crippen LogP) is 3.13. The van der Waals surface area contributed by atoms with E-state index >= 15 is 0 Å². The van der Waals surface area contributed by atoms with E-state index in [2.05, 4.69) is 15.5 Å². The molecule has 1 atom stereocenters. The molecule has 0 saturated heterocycles. The molecule has 0 aliphatic heterocycles. The monoisotopic (exact) mass is 355 g/mol. The van der Waals surface area contributed by atoms with E-state index in [1.807, 2.05) is 6.07 Å². The van der Waals surface area contributed by atoms with Gasteiger partial charge < -0.3 is 10.1 Å². The van der Waals surface area contributed by atoms with Gasteiger partial charge in [-0.2, -0.15) is 5.10 Å². The first-order valence-corrected chi connectivity index (χ1v) is 8.22. The van der Waals surface area contributed by atoms with Gasteiger partial charge >= 0.3 is 5.97 Å². The van der Waals surface area contributed by atoms with Crippen LogP contribution in [0.5, 0.6) is 0 Å². The van der Waals surface area contributed by atoms with Gasteiger partial charge in [0, 0.05) is 5.39 Å². The van der Waals surface area contributed by atoms with Gasteiger partial charge in [0.2, 0.25) is 0 Å². The Morgan fingerprint density at radius 2 is 2.00 bits per heavy atom. The summed E-state index contributed by atoms with van der Waals surface area (Å²) in [5, 5.41) is 10.4. The van der Waals surface area contributed by atoms with Gasteiger partial charge in [-0.1, -0.05) is 24.3 Å². The van der Waals surface area contributed by atoms with Crippen LogP contribution < -0.4 is 5.32 Å². The van der Waals surface area contributed by atoms with Gasteiger partial charge in [0.25, 0.3) is 5.91 Å². The number of carbonyl (C=O) groups excluding carboxylic acids is 2. The van der Waals surface area contributed by atoms with Gasteiger partial charge in [-0.05, 0) is 30.7 Å². The fraction of sp³-hybridized carbons (Fsp3) is 0.211. The number of nitrogens with zero attached hydrogens (tertiary/aromatic N) is 1. The lowest BCUT2D eigenvalue weighted by Crippen LogP contribution is -2.30. The molecule has 7 heteroatoms. The highest BCUT2D eigenvalue weighted by molar-refractivity contribution is 6.05. The van der Waals surface area contributed by atoms with Crippen LogP contribution in [-0.4, -0.2) is 28.7 Å². The summed E-state index contributed by atoms with van der Waals surface area (Å²) in [6.45, 7) is 1.96. The summed E-state index contributed by atoms with van der Waals surface area (Å²) in [4.78, 5) is 24.7. The Balaban J connectivity index is 1.86. The molecule has 0 spiro atoms. The molecular weight excluding hydrogens is 337 g/mol. The number of H-pyrrole nitrogens is 1. The molecule has 3 rings (SSSR count). The molecule has 134 valence electrons. The van der Waals surface area contributed by atoms with Crippen LogP contribution in [0.15, 0.2) is 48.7 Å². The number of para-hydroxylation sites is 1. The Bertz CT molecular complexity index is 921. The molecule has 0 saturated carbocycles. The number of halogens is 1. The highest BCUT2D eigenvalue weighted by atomic mass is 19.1. The molecule has 26 heavy (non-hydrogen) atoms. The van der Waals surface area contributed by atoms with Gasteiger partial charge in [0.15, 0.2) is 0 Å². The van der Waals surface area contributed by atoms with Crippen molar-refractivity contribution in [3.8, 4) is 0 Å². The Kier molecular flexibility index (Phi) is 5.26. The van der Waals surface area contributed by atoms with Crippen LogP contribution in [0.25, 0.3) is 10.9 Å². The molecule has 1 unspecified atom stereocenters. The predicted molar refractivity (Wildman–Crippen MR) is 94.0 cm³/mol. The third kappa shape index (κ3) is 3.88. The molecule has 6 nitrogen and oxygen atoms in total. The van der Waals surface area contributed by atoms with Gasteiger partial charge in [-0.3, -0.25) is 14.7 Å². The summed E-state index contributed by atoms with van der Waals surface area (Å²) >= 11 is 0. The van der Waals surface area contributed by atoms with Crippen molar-refractivity contribution in [3.63, 3.8) is 0 Å². The smallest absolute Gasteiger partial charge is 0.308 e. The average Bonchev–Trinajstić information content (AvgIpc) is 3.10. The Morgan fingerprint density at radius 1 is 1.23 bits per heavy atom. The fourth-order valence-electron chi connectivity index (χ4n) is 2.73. The van der Waals surface area contributed by atoms with E-state index in [1.165, 1.54) is 24.3 Å². The highest BCUT2D eigenvalue weighted by Gasteiger charge is 2.21. The van der Waals surface area contributed by atoms with Gasteiger partial charge in [0.05, 0.1) is 36.3 Å². The number of rotatable bonds is 6. The third-order valence-electron chi connectivity index (χ3n) is 3.98. The molecule has 2 N–H and O–H groups in total. The molecule has 0 radical (unpaired) electrons. The quantitative estimate of drug-likeness (QED) is 0.666. The first-order valence-electron chi connectivity index (χ1n) is 8.22. The van der Waals surface area contributed by atoms with Crippen molar-refractivity contribution in [3.05, 3.63) is 65.6 Å². The largest absolute Gasteiger partial charge is 0.466 e. The van der Waals surface area contributed by atoms with Crippen molar-refractivity contribution < 1.29 is 18.7 Å².